The van der Waals surface area contributed by atoms with Crippen molar-refractivity contribution in [1.29, 1.82) is 0 Å². The van der Waals surface area contributed by atoms with Crippen LogP contribution >= 0.6 is 0 Å². The Bertz CT molecular complexity index is 848. The van der Waals surface area contributed by atoms with Crippen LogP contribution in [0.15, 0.2) is 35.9 Å². The molecule has 1 amide bonds. The van der Waals surface area contributed by atoms with Gasteiger partial charge in [0.2, 0.25) is 5.91 Å². The SMILES string of the molecule is O=C1C[C@@H]2OCC=C3CN4CCC56c7ccccc7N1[C@@H]5[C@H]2[C@H]3C[C@H]46. The Kier molecular flexibility index (Phi) is 2.27. The molecular weight excluding hydrogens is 312 g/mol. The van der Waals surface area contributed by atoms with Gasteiger partial charge in [-0.2, -0.15) is 0 Å². The molecule has 3 saturated heterocycles. The summed E-state index contributed by atoms with van der Waals surface area (Å²) < 4.78 is 6.25. The van der Waals surface area contributed by atoms with Crippen LogP contribution < -0.4 is 4.90 Å². The van der Waals surface area contributed by atoms with Crippen LogP contribution in [0, 0.1) is 11.8 Å². The van der Waals surface area contributed by atoms with E-state index >= 15 is 0 Å². The molecule has 4 nitrogen and oxygen atoms in total. The lowest BCUT2D eigenvalue weighted by Gasteiger charge is -2.58. The van der Waals surface area contributed by atoms with Crippen molar-refractivity contribution in [2.45, 2.75) is 42.9 Å². The lowest BCUT2D eigenvalue weighted by molar-refractivity contribution is -0.132. The number of carbonyl (C=O) groups excluding carboxylic acids is 1. The molecule has 1 aromatic carbocycles. The van der Waals surface area contributed by atoms with Crippen molar-refractivity contribution in [3.8, 4) is 0 Å². The van der Waals surface area contributed by atoms with E-state index in [-0.39, 0.29) is 17.4 Å². The van der Waals surface area contributed by atoms with Crippen molar-refractivity contribution >= 4 is 11.6 Å². The molecule has 4 fully saturated rings. The molecule has 2 bridgehead atoms. The molecule has 5 heterocycles. The molecule has 1 spiro atoms. The van der Waals surface area contributed by atoms with Gasteiger partial charge in [-0.15, -0.1) is 0 Å². The van der Waals surface area contributed by atoms with Crippen LogP contribution in [0.2, 0.25) is 0 Å². The lowest BCUT2D eigenvalue weighted by Crippen LogP contribution is -2.69. The Morgan fingerprint density at radius 2 is 2.16 bits per heavy atom. The van der Waals surface area contributed by atoms with E-state index in [1.165, 1.54) is 30.6 Å². The minimum absolute atomic E-state index is 0.104. The number of fused-ring (bicyclic) bond motifs is 2. The van der Waals surface area contributed by atoms with Crippen LogP contribution in [-0.2, 0) is 14.9 Å². The normalized spacial score (nSPS) is 45.9. The highest BCUT2D eigenvalue weighted by Crippen LogP contribution is 2.65. The third kappa shape index (κ3) is 1.33. The molecule has 6 atom stereocenters. The summed E-state index contributed by atoms with van der Waals surface area (Å²) in [5.41, 5.74) is 4.35. The first-order valence-corrected chi connectivity index (χ1v) is 9.75. The van der Waals surface area contributed by atoms with Crippen LogP contribution in [0.3, 0.4) is 0 Å². The number of hydrogen-bond acceptors (Lipinski definition) is 3. The van der Waals surface area contributed by atoms with E-state index in [9.17, 15) is 4.79 Å². The lowest BCUT2D eigenvalue weighted by atomic mass is 9.53. The standard InChI is InChI=1S/C21H22N2O2/c24-18-10-16-19-13-9-17-21(6-7-22(17)11-12(13)5-8-25-16)14-3-1-2-4-15(14)23(18)20(19)21/h1-5,13,16-17,19-20H,6-11H2/t13-,16-,17-,19-,20+,21?/m0/s1. The fourth-order valence-corrected chi connectivity index (χ4v) is 7.51. The van der Waals surface area contributed by atoms with Gasteiger partial charge < -0.3 is 9.64 Å². The molecule has 25 heavy (non-hydrogen) atoms. The number of amides is 1. The number of para-hydroxylation sites is 1. The maximum absolute atomic E-state index is 13.2. The summed E-state index contributed by atoms with van der Waals surface area (Å²) in [6, 6.07) is 9.64. The second-order valence-corrected chi connectivity index (χ2v) is 8.78. The van der Waals surface area contributed by atoms with Gasteiger partial charge in [0.1, 0.15) is 0 Å². The van der Waals surface area contributed by atoms with Gasteiger partial charge in [-0.25, -0.2) is 0 Å². The van der Waals surface area contributed by atoms with E-state index in [1.54, 1.807) is 5.57 Å². The number of hydrogen-bond donors (Lipinski definition) is 0. The minimum atomic E-state index is 0.104. The van der Waals surface area contributed by atoms with Crippen LogP contribution in [0.5, 0.6) is 0 Å². The third-order valence-electron chi connectivity index (χ3n) is 8.22. The fourth-order valence-electron chi connectivity index (χ4n) is 7.51. The zero-order valence-electron chi connectivity index (χ0n) is 14.2. The van der Waals surface area contributed by atoms with Crippen LogP contribution in [0.1, 0.15) is 24.8 Å². The first-order valence-electron chi connectivity index (χ1n) is 9.75. The summed E-state index contributed by atoms with van der Waals surface area (Å²) in [5.74, 6) is 1.35. The molecule has 1 saturated carbocycles. The van der Waals surface area contributed by atoms with Gasteiger partial charge >= 0.3 is 0 Å². The van der Waals surface area contributed by atoms with E-state index in [2.05, 4.69) is 40.1 Å². The van der Waals surface area contributed by atoms with E-state index in [4.69, 9.17) is 4.74 Å². The molecule has 0 radical (unpaired) electrons. The predicted octanol–water partition coefficient (Wildman–Crippen LogP) is 2.09. The van der Waals surface area contributed by atoms with E-state index in [1.807, 2.05) is 0 Å². The second kappa shape index (κ2) is 4.18. The number of benzene rings is 1. The van der Waals surface area contributed by atoms with Crippen molar-refractivity contribution in [3.05, 3.63) is 41.5 Å². The van der Waals surface area contributed by atoms with Gasteiger partial charge in [0.25, 0.3) is 0 Å². The molecule has 1 unspecified atom stereocenters. The third-order valence-corrected chi connectivity index (χ3v) is 8.22. The van der Waals surface area contributed by atoms with Crippen molar-refractivity contribution < 1.29 is 9.53 Å². The molecule has 1 aromatic rings. The van der Waals surface area contributed by atoms with Crippen molar-refractivity contribution in [2.75, 3.05) is 24.6 Å². The van der Waals surface area contributed by atoms with E-state index in [0.717, 1.165) is 6.54 Å². The molecule has 7 rings (SSSR count). The molecular formula is C21H22N2O2. The zero-order valence-corrected chi connectivity index (χ0v) is 14.2. The summed E-state index contributed by atoms with van der Waals surface area (Å²) in [6.45, 7) is 2.97. The molecule has 128 valence electrons. The number of piperidine rings is 2. The van der Waals surface area contributed by atoms with Gasteiger partial charge in [0.15, 0.2) is 0 Å². The Morgan fingerprint density at radius 3 is 3.12 bits per heavy atom. The molecule has 0 N–H and O–H groups in total. The van der Waals surface area contributed by atoms with Crippen LogP contribution in [0.25, 0.3) is 0 Å². The summed E-state index contributed by atoms with van der Waals surface area (Å²) in [4.78, 5) is 18.1. The maximum Gasteiger partial charge on any atom is 0.229 e. The average Bonchev–Trinajstić information content (AvgIpc) is 3.10. The molecule has 4 heteroatoms. The highest BCUT2D eigenvalue weighted by atomic mass is 16.5. The van der Waals surface area contributed by atoms with Crippen molar-refractivity contribution in [1.82, 2.24) is 4.90 Å². The number of rotatable bonds is 0. The first-order chi connectivity index (χ1) is 12.3. The van der Waals surface area contributed by atoms with Gasteiger partial charge in [-0.3, -0.25) is 9.69 Å². The van der Waals surface area contributed by atoms with E-state index in [0.29, 0.717) is 36.9 Å². The Balaban J connectivity index is 1.55. The first kappa shape index (κ1) is 13.5. The maximum atomic E-state index is 13.2. The summed E-state index contributed by atoms with van der Waals surface area (Å²) in [5, 5.41) is 0. The van der Waals surface area contributed by atoms with Crippen LogP contribution in [-0.4, -0.2) is 48.7 Å². The van der Waals surface area contributed by atoms with Gasteiger partial charge in [-0.05, 0) is 36.9 Å². The summed E-state index contributed by atoms with van der Waals surface area (Å²) in [7, 11) is 0. The van der Waals surface area contributed by atoms with Crippen molar-refractivity contribution in [2.24, 2.45) is 11.8 Å². The minimum Gasteiger partial charge on any atom is -0.373 e. The topological polar surface area (TPSA) is 32.8 Å². The second-order valence-electron chi connectivity index (χ2n) is 8.78. The molecule has 1 aliphatic carbocycles. The number of nitrogens with zero attached hydrogens (tertiary/aromatic N) is 2. The van der Waals surface area contributed by atoms with Crippen molar-refractivity contribution in [3.63, 3.8) is 0 Å². The number of ether oxygens (including phenoxy) is 1. The predicted molar refractivity (Wildman–Crippen MR) is 93.4 cm³/mol. The van der Waals surface area contributed by atoms with Gasteiger partial charge in [-0.1, -0.05) is 29.8 Å². The Hall–Kier alpha value is -1.65. The Morgan fingerprint density at radius 1 is 1.24 bits per heavy atom. The summed E-state index contributed by atoms with van der Waals surface area (Å²) in [6.07, 6.45) is 5.43. The molecule has 6 aliphatic rings. The van der Waals surface area contributed by atoms with Gasteiger partial charge in [0.05, 0.1) is 25.2 Å². The highest BCUT2D eigenvalue weighted by molar-refractivity contribution is 5.99. The van der Waals surface area contributed by atoms with E-state index < -0.39 is 0 Å². The molecule has 0 aromatic heterocycles. The van der Waals surface area contributed by atoms with Crippen LogP contribution in [0.4, 0.5) is 5.69 Å². The average molecular weight is 334 g/mol. The summed E-state index contributed by atoms with van der Waals surface area (Å²) >= 11 is 0. The quantitative estimate of drug-likeness (QED) is 0.681. The smallest absolute Gasteiger partial charge is 0.229 e. The number of carbonyl (C=O) groups is 1. The largest absolute Gasteiger partial charge is 0.373 e. The highest BCUT2D eigenvalue weighted by Gasteiger charge is 2.70. The van der Waals surface area contributed by atoms with Gasteiger partial charge in [0, 0.05) is 29.6 Å². The monoisotopic (exact) mass is 334 g/mol. The number of anilines is 1. The Labute approximate surface area is 147 Å². The fraction of sp³-hybridized carbons (Fsp3) is 0.571. The zero-order chi connectivity index (χ0) is 16.3. The molecule has 5 aliphatic heterocycles.